The molecule has 0 spiro atoms. The van der Waals surface area contributed by atoms with Crippen LogP contribution < -0.4 is 5.32 Å². The van der Waals surface area contributed by atoms with Crippen molar-refractivity contribution < 1.29 is 32.0 Å². The summed E-state index contributed by atoms with van der Waals surface area (Å²) in [6.07, 6.45) is 1.18. The molecule has 1 heterocycles. The van der Waals surface area contributed by atoms with E-state index >= 15 is 0 Å². The highest BCUT2D eigenvalue weighted by Crippen LogP contribution is 2.20. The van der Waals surface area contributed by atoms with Gasteiger partial charge in [0.1, 0.15) is 0 Å². The number of furan rings is 1. The third kappa shape index (κ3) is 7.25. The number of hydrogen-bond donors (Lipinski definition) is 1. The minimum Gasteiger partial charge on any atom is -0.457 e. The zero-order valence-corrected chi connectivity index (χ0v) is 18.7. The summed E-state index contributed by atoms with van der Waals surface area (Å²) in [6.45, 7) is 4.62. The van der Waals surface area contributed by atoms with Crippen molar-refractivity contribution in [2.45, 2.75) is 37.0 Å². The van der Waals surface area contributed by atoms with Crippen molar-refractivity contribution in [3.05, 3.63) is 54.0 Å². The largest absolute Gasteiger partial charge is 0.457 e. The molecule has 31 heavy (non-hydrogen) atoms. The highest BCUT2D eigenvalue weighted by Gasteiger charge is 2.25. The number of likely N-dealkylation sites (N-methyl/N-ethyl adjacent to an activating group) is 1. The average molecular weight is 451 g/mol. The molecule has 0 unspecified atom stereocenters. The molecule has 0 radical (unpaired) electrons. The lowest BCUT2D eigenvalue weighted by molar-refractivity contribution is -0.137. The van der Waals surface area contributed by atoms with E-state index in [9.17, 15) is 22.8 Å². The maximum atomic E-state index is 12.5. The van der Waals surface area contributed by atoms with E-state index in [0.29, 0.717) is 0 Å². The molecule has 0 saturated heterocycles. The number of rotatable bonds is 8. The fourth-order valence-corrected chi connectivity index (χ4v) is 3.98. The highest BCUT2D eigenvalue weighted by molar-refractivity contribution is 7.90. The number of nitrogens with one attached hydrogen (secondary N) is 1. The summed E-state index contributed by atoms with van der Waals surface area (Å²) in [6, 6.07) is 9.17. The number of nitrogens with zero attached hydrogens (tertiary/aromatic N) is 1. The Morgan fingerprint density at radius 2 is 1.74 bits per heavy atom. The number of hydrogen-bond acceptors (Lipinski definition) is 7. The Morgan fingerprint density at radius 3 is 2.35 bits per heavy atom. The molecule has 10 heteroatoms. The van der Waals surface area contributed by atoms with Crippen LogP contribution in [-0.4, -0.2) is 56.8 Å². The van der Waals surface area contributed by atoms with Gasteiger partial charge in [0.2, 0.25) is 11.7 Å². The van der Waals surface area contributed by atoms with E-state index in [1.54, 1.807) is 18.2 Å². The lowest BCUT2D eigenvalue weighted by Gasteiger charge is -2.23. The van der Waals surface area contributed by atoms with Crippen molar-refractivity contribution in [2.75, 3.05) is 20.2 Å². The van der Waals surface area contributed by atoms with Crippen molar-refractivity contribution in [1.82, 2.24) is 10.2 Å². The normalized spacial score (nSPS) is 11.6. The van der Waals surface area contributed by atoms with Crippen LogP contribution in [0.2, 0.25) is 0 Å². The van der Waals surface area contributed by atoms with E-state index in [2.05, 4.69) is 5.32 Å². The first-order valence-electron chi connectivity index (χ1n) is 9.45. The molecular weight excluding hydrogens is 424 g/mol. The predicted octanol–water partition coefficient (Wildman–Crippen LogP) is 1.78. The van der Waals surface area contributed by atoms with E-state index < -0.39 is 39.6 Å². The summed E-state index contributed by atoms with van der Waals surface area (Å²) >= 11 is 0. The van der Waals surface area contributed by atoms with E-state index in [1.165, 1.54) is 31.5 Å². The van der Waals surface area contributed by atoms with Crippen molar-refractivity contribution >= 4 is 27.6 Å². The Balaban J connectivity index is 1.96. The number of ether oxygens (including phenoxy) is 1. The predicted molar refractivity (Wildman–Crippen MR) is 112 cm³/mol. The minimum absolute atomic E-state index is 0.112. The van der Waals surface area contributed by atoms with E-state index in [0.717, 1.165) is 4.90 Å². The summed E-state index contributed by atoms with van der Waals surface area (Å²) < 4.78 is 35.1. The van der Waals surface area contributed by atoms with Gasteiger partial charge in [-0.05, 0) is 39.0 Å². The summed E-state index contributed by atoms with van der Waals surface area (Å²) in [5, 5.41) is 2.72. The van der Waals surface area contributed by atoms with Gasteiger partial charge in [-0.15, -0.1) is 0 Å². The molecule has 0 aliphatic carbocycles. The molecule has 9 nitrogen and oxygen atoms in total. The molecule has 1 aromatic carbocycles. The Kier molecular flexibility index (Phi) is 7.61. The van der Waals surface area contributed by atoms with Crippen LogP contribution in [0, 0.1) is 0 Å². The van der Waals surface area contributed by atoms with E-state index in [-0.39, 0.29) is 28.7 Å². The zero-order chi connectivity index (χ0) is 23.2. The maximum absolute atomic E-state index is 12.5. The Labute approximate surface area is 181 Å². The second-order valence-electron chi connectivity index (χ2n) is 7.97. The van der Waals surface area contributed by atoms with Gasteiger partial charge in [-0.3, -0.25) is 9.59 Å². The van der Waals surface area contributed by atoms with Crippen LogP contribution in [-0.2, 0) is 29.9 Å². The molecule has 0 saturated carbocycles. The first-order valence-corrected chi connectivity index (χ1v) is 11.1. The minimum atomic E-state index is -3.70. The van der Waals surface area contributed by atoms with Crippen molar-refractivity contribution in [2.24, 2.45) is 0 Å². The van der Waals surface area contributed by atoms with Crippen molar-refractivity contribution in [3.63, 3.8) is 0 Å². The van der Waals surface area contributed by atoms with Crippen LogP contribution in [0.4, 0.5) is 0 Å². The van der Waals surface area contributed by atoms with Crippen LogP contribution >= 0.6 is 0 Å². The van der Waals surface area contributed by atoms with Gasteiger partial charge < -0.3 is 19.4 Å². The molecule has 0 atom stereocenters. The van der Waals surface area contributed by atoms with Crippen molar-refractivity contribution in [3.8, 4) is 0 Å². The standard InChI is InChI=1S/C21H26N2O7S/c1-21(2,3)22-17(24)12-23(4)18(25)13-30-20(26)19-15(10-11-29-19)14-31(27,28)16-8-6-5-7-9-16/h5-11H,12-14H2,1-4H3,(H,22,24). The van der Waals surface area contributed by atoms with Gasteiger partial charge >= 0.3 is 5.97 Å². The van der Waals surface area contributed by atoms with Crippen LogP contribution in [0.3, 0.4) is 0 Å². The summed E-state index contributed by atoms with van der Waals surface area (Å²) in [5.41, 5.74) is -0.317. The second-order valence-corrected chi connectivity index (χ2v) is 9.96. The first-order chi connectivity index (χ1) is 14.4. The van der Waals surface area contributed by atoms with Gasteiger partial charge in [-0.25, -0.2) is 13.2 Å². The summed E-state index contributed by atoms with van der Waals surface area (Å²) in [5.74, 6) is -2.67. The SMILES string of the molecule is CN(CC(=O)NC(C)(C)C)C(=O)COC(=O)c1occc1CS(=O)(=O)c1ccccc1. The lowest BCUT2D eigenvalue weighted by atomic mass is 10.1. The molecule has 0 bridgehead atoms. The van der Waals surface area contributed by atoms with Crippen LogP contribution in [0.1, 0.15) is 36.9 Å². The number of carbonyl (C=O) groups is 3. The fourth-order valence-electron chi connectivity index (χ4n) is 2.61. The highest BCUT2D eigenvalue weighted by atomic mass is 32.2. The molecule has 2 aromatic rings. The molecule has 2 amide bonds. The molecule has 168 valence electrons. The third-order valence-electron chi connectivity index (χ3n) is 4.03. The Morgan fingerprint density at radius 1 is 1.10 bits per heavy atom. The van der Waals surface area contributed by atoms with Crippen LogP contribution in [0.25, 0.3) is 0 Å². The van der Waals surface area contributed by atoms with Gasteiger partial charge in [0.25, 0.3) is 5.91 Å². The number of carbonyl (C=O) groups excluding carboxylic acids is 3. The monoisotopic (exact) mass is 450 g/mol. The molecule has 0 aliphatic rings. The number of sulfone groups is 1. The number of benzene rings is 1. The number of esters is 1. The van der Waals surface area contributed by atoms with Gasteiger partial charge in [0.05, 0.1) is 23.5 Å². The van der Waals surface area contributed by atoms with Gasteiger partial charge in [0.15, 0.2) is 16.4 Å². The van der Waals surface area contributed by atoms with E-state index in [1.807, 2.05) is 20.8 Å². The second kappa shape index (κ2) is 9.78. The number of amides is 2. The molecular formula is C21H26N2O7S. The molecule has 0 aliphatic heterocycles. The van der Waals surface area contributed by atoms with Crippen LogP contribution in [0.5, 0.6) is 0 Å². The first kappa shape index (κ1) is 24.1. The quantitative estimate of drug-likeness (QED) is 0.608. The Hall–Kier alpha value is -3.14. The zero-order valence-electron chi connectivity index (χ0n) is 17.9. The van der Waals surface area contributed by atoms with Crippen LogP contribution in [0.15, 0.2) is 52.0 Å². The average Bonchev–Trinajstić information content (AvgIpc) is 3.12. The molecule has 0 fully saturated rings. The van der Waals surface area contributed by atoms with Gasteiger partial charge in [0, 0.05) is 18.2 Å². The van der Waals surface area contributed by atoms with E-state index in [4.69, 9.17) is 9.15 Å². The third-order valence-corrected chi connectivity index (χ3v) is 5.71. The topological polar surface area (TPSA) is 123 Å². The smallest absolute Gasteiger partial charge is 0.375 e. The fraction of sp³-hybridized carbons (Fsp3) is 0.381. The Bertz CT molecular complexity index is 1040. The van der Waals surface area contributed by atoms with Gasteiger partial charge in [-0.1, -0.05) is 18.2 Å². The summed E-state index contributed by atoms with van der Waals surface area (Å²) in [7, 11) is -2.29. The maximum Gasteiger partial charge on any atom is 0.375 e. The molecule has 1 N–H and O–H groups in total. The van der Waals surface area contributed by atoms with Crippen molar-refractivity contribution in [1.29, 1.82) is 0 Å². The lowest BCUT2D eigenvalue weighted by Crippen LogP contribution is -2.46. The summed E-state index contributed by atoms with van der Waals surface area (Å²) in [4.78, 5) is 37.6. The van der Waals surface area contributed by atoms with Gasteiger partial charge in [-0.2, -0.15) is 0 Å². The molecule has 2 rings (SSSR count). The molecule has 1 aromatic heterocycles.